The Kier molecular flexibility index (Phi) is 13.0. The number of hydrogen-bond acceptors (Lipinski definition) is 11. The maximum atomic E-state index is 13.3. The molecule has 2 fully saturated rings. The number of benzene rings is 1. The lowest BCUT2D eigenvalue weighted by atomic mass is 9.73. The Labute approximate surface area is 278 Å². The Morgan fingerprint density at radius 3 is 2.13 bits per heavy atom. The molecule has 2 aliphatic rings. The van der Waals surface area contributed by atoms with Gasteiger partial charge in [-0.3, -0.25) is 9.59 Å². The van der Waals surface area contributed by atoms with Gasteiger partial charge in [-0.2, -0.15) is 0 Å². The van der Waals surface area contributed by atoms with Gasteiger partial charge in [0.15, 0.2) is 6.29 Å². The largest absolute Gasteiger partial charge is 0.459 e. The van der Waals surface area contributed by atoms with Gasteiger partial charge in [0, 0.05) is 24.4 Å². The fourth-order valence-electron chi connectivity index (χ4n) is 7.40. The second-order valence-electron chi connectivity index (χ2n) is 14.5. The minimum Gasteiger partial charge on any atom is -0.459 e. The van der Waals surface area contributed by atoms with Crippen molar-refractivity contribution in [3.05, 3.63) is 35.9 Å². The van der Waals surface area contributed by atoms with Crippen LogP contribution in [0, 0.1) is 23.7 Å². The van der Waals surface area contributed by atoms with Gasteiger partial charge in [0.1, 0.15) is 17.8 Å². The van der Waals surface area contributed by atoms with Crippen molar-refractivity contribution in [3.8, 4) is 0 Å². The van der Waals surface area contributed by atoms with Crippen molar-refractivity contribution in [2.45, 2.75) is 141 Å². The maximum Gasteiger partial charge on any atom is 0.311 e. The molecular weight excluding hydrogens is 610 g/mol. The van der Waals surface area contributed by atoms with E-state index >= 15 is 0 Å². The summed E-state index contributed by atoms with van der Waals surface area (Å²) in [5.41, 5.74) is -3.25. The molecule has 2 aliphatic heterocycles. The standard InChI is InChI=1S/C35H57NO11/c1-10-25-35(8,44)29(40)20(4)26(37)18(2)17-34(7,43)30(21(5)27(38)22(6)32(42)46-25)47-33-28(39)24(16-19(3)45-33)36(9)31(41)23-14-12-11-13-15-23/h11-15,18-22,24-30,33,37-40,43-44H,10,16-17H2,1-9H3/t18-,19-,20+,21+,22-,24+,25-,26+,27+,28-,29-,30-,33+,34+,35-/m1/s1. The number of nitrogens with zero attached hydrogens (tertiary/aromatic N) is 1. The molecule has 1 aromatic rings. The molecule has 0 aromatic heterocycles. The van der Waals surface area contributed by atoms with Crippen LogP contribution in [0.3, 0.4) is 0 Å². The topological polar surface area (TPSA) is 186 Å². The van der Waals surface area contributed by atoms with Crippen LogP contribution in [0.2, 0.25) is 0 Å². The van der Waals surface area contributed by atoms with Crippen molar-refractivity contribution in [1.82, 2.24) is 4.90 Å². The molecule has 0 unspecified atom stereocenters. The highest BCUT2D eigenvalue weighted by Gasteiger charge is 2.51. The number of carbonyl (C=O) groups excluding carboxylic acids is 2. The lowest BCUT2D eigenvalue weighted by Gasteiger charge is -2.47. The van der Waals surface area contributed by atoms with E-state index in [9.17, 15) is 40.2 Å². The lowest BCUT2D eigenvalue weighted by Crippen LogP contribution is -2.61. The van der Waals surface area contributed by atoms with Crippen LogP contribution < -0.4 is 0 Å². The zero-order valence-electron chi connectivity index (χ0n) is 29.2. The molecule has 0 radical (unpaired) electrons. The van der Waals surface area contributed by atoms with Crippen molar-refractivity contribution in [1.29, 1.82) is 0 Å². The van der Waals surface area contributed by atoms with Gasteiger partial charge in [-0.25, -0.2) is 0 Å². The summed E-state index contributed by atoms with van der Waals surface area (Å²) < 4.78 is 18.1. The molecule has 15 atom stereocenters. The highest BCUT2D eigenvalue weighted by molar-refractivity contribution is 5.94. The Morgan fingerprint density at radius 1 is 0.957 bits per heavy atom. The van der Waals surface area contributed by atoms with Gasteiger partial charge in [0.25, 0.3) is 5.91 Å². The van der Waals surface area contributed by atoms with Crippen LogP contribution in [0.15, 0.2) is 30.3 Å². The van der Waals surface area contributed by atoms with E-state index in [0.29, 0.717) is 12.0 Å². The summed E-state index contributed by atoms with van der Waals surface area (Å²) in [6, 6.07) is 7.95. The van der Waals surface area contributed by atoms with Crippen molar-refractivity contribution in [3.63, 3.8) is 0 Å². The van der Waals surface area contributed by atoms with Crippen LogP contribution >= 0.6 is 0 Å². The molecule has 1 aromatic carbocycles. The minimum absolute atomic E-state index is 0.0840. The number of ether oxygens (including phenoxy) is 3. The first kappa shape index (κ1) is 39.3. The first-order valence-electron chi connectivity index (χ1n) is 16.8. The molecule has 268 valence electrons. The van der Waals surface area contributed by atoms with Crippen LogP contribution in [0.4, 0.5) is 0 Å². The normalized spacial score (nSPS) is 44.2. The van der Waals surface area contributed by atoms with Gasteiger partial charge in [-0.15, -0.1) is 0 Å². The predicted octanol–water partition coefficient (Wildman–Crippen LogP) is 1.86. The number of aliphatic hydroxyl groups is 6. The Hall–Kier alpha value is -2.16. The number of aliphatic hydroxyl groups excluding tert-OH is 4. The summed E-state index contributed by atoms with van der Waals surface area (Å²) in [6.45, 7) is 12.6. The van der Waals surface area contributed by atoms with E-state index in [-0.39, 0.29) is 18.7 Å². The van der Waals surface area contributed by atoms with E-state index in [2.05, 4.69) is 0 Å². The first-order chi connectivity index (χ1) is 21.8. The van der Waals surface area contributed by atoms with Crippen LogP contribution in [0.25, 0.3) is 0 Å². The summed E-state index contributed by atoms with van der Waals surface area (Å²) in [5, 5.41) is 68.9. The molecule has 12 heteroatoms. The summed E-state index contributed by atoms with van der Waals surface area (Å²) >= 11 is 0. The lowest BCUT2D eigenvalue weighted by molar-refractivity contribution is -0.299. The van der Waals surface area contributed by atoms with Crippen molar-refractivity contribution in [2.75, 3.05) is 7.05 Å². The summed E-state index contributed by atoms with van der Waals surface area (Å²) in [5.74, 6) is -4.76. The molecule has 0 aliphatic carbocycles. The quantitative estimate of drug-likeness (QED) is 0.252. The molecule has 0 bridgehead atoms. The van der Waals surface area contributed by atoms with Crippen LogP contribution in [-0.2, 0) is 19.0 Å². The number of cyclic esters (lactones) is 1. The number of esters is 1. The van der Waals surface area contributed by atoms with E-state index in [1.54, 1.807) is 72.0 Å². The van der Waals surface area contributed by atoms with Gasteiger partial charge >= 0.3 is 5.97 Å². The second kappa shape index (κ2) is 15.6. The van der Waals surface area contributed by atoms with Crippen molar-refractivity contribution >= 4 is 11.9 Å². The van der Waals surface area contributed by atoms with E-state index < -0.39 is 95.9 Å². The molecule has 2 heterocycles. The van der Waals surface area contributed by atoms with Gasteiger partial charge in [0.2, 0.25) is 0 Å². The fourth-order valence-corrected chi connectivity index (χ4v) is 7.40. The SMILES string of the molecule is CC[C@H]1OC(=O)[C@H](C)[C@@H](O)[C@H](C)[C@@H](O[C@@H]2O[C@H](C)C[C@H](N(C)C(=O)c3ccccc3)[C@H]2O)[C@@](C)(O)C[C@@H](C)[C@H](O)[C@H](C)[C@@H](O)[C@]1(C)O. The number of amides is 1. The molecule has 0 spiro atoms. The third kappa shape index (κ3) is 8.53. The van der Waals surface area contributed by atoms with E-state index in [0.717, 1.165) is 0 Å². The fraction of sp³-hybridized carbons (Fsp3) is 0.771. The molecular formula is C35H57NO11. The molecule has 1 amide bonds. The number of hydrogen-bond donors (Lipinski definition) is 6. The summed E-state index contributed by atoms with van der Waals surface area (Å²) in [4.78, 5) is 28.1. The number of carbonyl (C=O) groups is 2. The number of likely N-dealkylation sites (N-methyl/N-ethyl adjacent to an activating group) is 1. The molecule has 2 saturated heterocycles. The zero-order valence-corrected chi connectivity index (χ0v) is 29.2. The minimum atomic E-state index is -1.92. The van der Waals surface area contributed by atoms with E-state index in [4.69, 9.17) is 14.2 Å². The average molecular weight is 668 g/mol. The summed E-state index contributed by atoms with van der Waals surface area (Å²) in [7, 11) is 1.59. The van der Waals surface area contributed by atoms with Gasteiger partial charge in [0.05, 0.1) is 48.1 Å². The Balaban J connectivity index is 1.99. The predicted molar refractivity (Wildman–Crippen MR) is 173 cm³/mol. The molecule has 0 saturated carbocycles. The van der Waals surface area contributed by atoms with Gasteiger partial charge < -0.3 is 49.7 Å². The smallest absolute Gasteiger partial charge is 0.311 e. The van der Waals surface area contributed by atoms with E-state index in [1.807, 2.05) is 0 Å². The monoisotopic (exact) mass is 667 g/mol. The average Bonchev–Trinajstić information content (AvgIpc) is 3.03. The van der Waals surface area contributed by atoms with Gasteiger partial charge in [-0.05, 0) is 65.0 Å². The third-order valence-electron chi connectivity index (χ3n) is 10.5. The summed E-state index contributed by atoms with van der Waals surface area (Å²) in [6.07, 6.45) is -9.28. The highest BCUT2D eigenvalue weighted by atomic mass is 16.7. The van der Waals surface area contributed by atoms with E-state index in [1.165, 1.54) is 25.7 Å². The third-order valence-corrected chi connectivity index (χ3v) is 10.5. The zero-order chi connectivity index (χ0) is 35.6. The van der Waals surface area contributed by atoms with Crippen LogP contribution in [0.1, 0.15) is 85.0 Å². The number of rotatable bonds is 5. The van der Waals surface area contributed by atoms with Crippen LogP contribution in [-0.4, -0.2) is 121 Å². The van der Waals surface area contributed by atoms with Crippen molar-refractivity contribution < 1.29 is 54.4 Å². The Bertz CT molecular complexity index is 1180. The second-order valence-corrected chi connectivity index (χ2v) is 14.5. The Morgan fingerprint density at radius 2 is 1.55 bits per heavy atom. The maximum absolute atomic E-state index is 13.3. The van der Waals surface area contributed by atoms with Crippen LogP contribution in [0.5, 0.6) is 0 Å². The first-order valence-corrected chi connectivity index (χ1v) is 16.8. The molecule has 47 heavy (non-hydrogen) atoms. The molecule has 3 rings (SSSR count). The highest BCUT2D eigenvalue weighted by Crippen LogP contribution is 2.38. The molecule has 12 nitrogen and oxygen atoms in total. The van der Waals surface area contributed by atoms with Gasteiger partial charge in [-0.1, -0.05) is 45.9 Å². The van der Waals surface area contributed by atoms with Crippen molar-refractivity contribution in [2.24, 2.45) is 23.7 Å². The molecule has 6 N–H and O–H groups in total.